The monoisotopic (exact) mass is 179 g/mol. The summed E-state index contributed by atoms with van der Waals surface area (Å²) in [6.45, 7) is 3.93. The molecule has 2 atom stereocenters. The third kappa shape index (κ3) is 3.08. The van der Waals surface area contributed by atoms with Crippen molar-refractivity contribution in [1.29, 1.82) is 0 Å². The standard InChI is InChI=1S/C7H13NO2.ClH/c1-5-3-8-4-6(5)2-7(9)10;/h5-6,8H,2-4H2,1H3,(H,9,10);1H. The van der Waals surface area contributed by atoms with Gasteiger partial charge in [-0.25, -0.2) is 0 Å². The highest BCUT2D eigenvalue weighted by atomic mass is 35.5. The van der Waals surface area contributed by atoms with Crippen molar-refractivity contribution in [2.45, 2.75) is 13.3 Å². The average Bonchev–Trinajstić information content (AvgIpc) is 2.15. The molecule has 0 amide bonds. The van der Waals surface area contributed by atoms with E-state index in [1.165, 1.54) is 0 Å². The Morgan fingerprint density at radius 1 is 1.64 bits per heavy atom. The molecule has 0 aliphatic carbocycles. The van der Waals surface area contributed by atoms with Crippen LogP contribution in [0.4, 0.5) is 0 Å². The predicted octanol–water partition coefficient (Wildman–Crippen LogP) is 0.738. The van der Waals surface area contributed by atoms with Gasteiger partial charge >= 0.3 is 5.97 Å². The molecule has 2 N–H and O–H groups in total. The molecule has 66 valence electrons. The second-order valence-electron chi connectivity index (χ2n) is 2.99. The molecule has 1 heterocycles. The summed E-state index contributed by atoms with van der Waals surface area (Å²) in [6.07, 6.45) is 0.314. The molecule has 0 saturated carbocycles. The lowest BCUT2D eigenvalue weighted by Gasteiger charge is -2.09. The zero-order chi connectivity index (χ0) is 7.56. The lowest BCUT2D eigenvalue weighted by molar-refractivity contribution is -0.138. The van der Waals surface area contributed by atoms with Crippen LogP contribution in [0.5, 0.6) is 0 Å². The van der Waals surface area contributed by atoms with E-state index < -0.39 is 5.97 Å². The Kier molecular flexibility index (Phi) is 4.45. The third-order valence-electron chi connectivity index (χ3n) is 2.11. The summed E-state index contributed by atoms with van der Waals surface area (Å²) in [5.41, 5.74) is 0. The van der Waals surface area contributed by atoms with Crippen molar-refractivity contribution in [2.75, 3.05) is 13.1 Å². The van der Waals surface area contributed by atoms with E-state index in [-0.39, 0.29) is 12.4 Å². The first kappa shape index (κ1) is 10.7. The number of nitrogens with one attached hydrogen (secondary N) is 1. The number of hydrogen-bond acceptors (Lipinski definition) is 2. The zero-order valence-corrected chi connectivity index (χ0v) is 7.36. The van der Waals surface area contributed by atoms with Crippen LogP contribution in [-0.4, -0.2) is 24.2 Å². The average molecular weight is 180 g/mol. The van der Waals surface area contributed by atoms with Crippen molar-refractivity contribution in [3.63, 3.8) is 0 Å². The van der Waals surface area contributed by atoms with E-state index in [9.17, 15) is 4.79 Å². The van der Waals surface area contributed by atoms with Gasteiger partial charge in [0.15, 0.2) is 0 Å². The number of carboxylic acids is 1. The fraction of sp³-hybridized carbons (Fsp3) is 0.857. The SMILES string of the molecule is CC1CNCC1CC(=O)O.Cl. The maximum atomic E-state index is 10.3. The van der Waals surface area contributed by atoms with E-state index >= 15 is 0 Å². The van der Waals surface area contributed by atoms with Gasteiger partial charge < -0.3 is 10.4 Å². The topological polar surface area (TPSA) is 49.3 Å². The molecule has 1 fully saturated rings. The number of carbonyl (C=O) groups is 1. The Bertz CT molecular complexity index is 140. The van der Waals surface area contributed by atoms with Crippen LogP contribution in [0.1, 0.15) is 13.3 Å². The molecule has 11 heavy (non-hydrogen) atoms. The van der Waals surface area contributed by atoms with Crippen molar-refractivity contribution in [3.05, 3.63) is 0 Å². The van der Waals surface area contributed by atoms with Crippen LogP contribution < -0.4 is 5.32 Å². The lowest BCUT2D eigenvalue weighted by atomic mass is 9.95. The summed E-state index contributed by atoms with van der Waals surface area (Å²) in [5.74, 6) is 0.189. The summed E-state index contributed by atoms with van der Waals surface area (Å²) < 4.78 is 0. The summed E-state index contributed by atoms with van der Waals surface area (Å²) >= 11 is 0. The Balaban J connectivity index is 0.000001000. The van der Waals surface area contributed by atoms with Gasteiger partial charge in [0.25, 0.3) is 0 Å². The Hall–Kier alpha value is -0.280. The normalized spacial score (nSPS) is 29.5. The first-order valence-electron chi connectivity index (χ1n) is 3.62. The highest BCUT2D eigenvalue weighted by Crippen LogP contribution is 2.18. The van der Waals surface area contributed by atoms with E-state index in [0.717, 1.165) is 13.1 Å². The molecule has 1 rings (SSSR count). The Morgan fingerprint density at radius 3 is 2.64 bits per heavy atom. The minimum atomic E-state index is -0.680. The molecule has 0 radical (unpaired) electrons. The van der Waals surface area contributed by atoms with Crippen LogP contribution in [-0.2, 0) is 4.79 Å². The number of carboxylic acid groups (broad SMARTS) is 1. The molecular weight excluding hydrogens is 166 g/mol. The van der Waals surface area contributed by atoms with Crippen molar-refractivity contribution in [2.24, 2.45) is 11.8 Å². The van der Waals surface area contributed by atoms with Crippen LogP contribution in [0, 0.1) is 11.8 Å². The third-order valence-corrected chi connectivity index (χ3v) is 2.11. The van der Waals surface area contributed by atoms with Gasteiger partial charge in [-0.05, 0) is 24.9 Å². The smallest absolute Gasteiger partial charge is 0.303 e. The van der Waals surface area contributed by atoms with Crippen LogP contribution in [0.15, 0.2) is 0 Å². The fourth-order valence-corrected chi connectivity index (χ4v) is 1.36. The van der Waals surface area contributed by atoms with Gasteiger partial charge in [0, 0.05) is 6.42 Å². The van der Waals surface area contributed by atoms with E-state index in [4.69, 9.17) is 5.11 Å². The number of hydrogen-bond donors (Lipinski definition) is 2. The van der Waals surface area contributed by atoms with Gasteiger partial charge in [0.2, 0.25) is 0 Å². The maximum absolute atomic E-state index is 10.3. The molecule has 1 aliphatic rings. The van der Waals surface area contributed by atoms with Crippen molar-refractivity contribution in [1.82, 2.24) is 5.32 Å². The van der Waals surface area contributed by atoms with Gasteiger partial charge in [-0.1, -0.05) is 6.92 Å². The first-order valence-corrected chi connectivity index (χ1v) is 3.62. The zero-order valence-electron chi connectivity index (χ0n) is 6.54. The lowest BCUT2D eigenvalue weighted by Crippen LogP contribution is -2.14. The van der Waals surface area contributed by atoms with Gasteiger partial charge in [-0.3, -0.25) is 4.79 Å². The number of aliphatic carboxylic acids is 1. The molecule has 0 aromatic carbocycles. The summed E-state index contributed by atoms with van der Waals surface area (Å²) in [5, 5.41) is 11.6. The second-order valence-corrected chi connectivity index (χ2v) is 2.99. The molecule has 0 aromatic heterocycles. The van der Waals surface area contributed by atoms with Gasteiger partial charge in [0.1, 0.15) is 0 Å². The minimum absolute atomic E-state index is 0. The number of halogens is 1. The van der Waals surface area contributed by atoms with Crippen molar-refractivity contribution < 1.29 is 9.90 Å². The largest absolute Gasteiger partial charge is 0.481 e. The van der Waals surface area contributed by atoms with Crippen molar-refractivity contribution in [3.8, 4) is 0 Å². The highest BCUT2D eigenvalue weighted by molar-refractivity contribution is 5.85. The Morgan fingerprint density at radius 2 is 2.27 bits per heavy atom. The number of rotatable bonds is 2. The molecule has 2 unspecified atom stereocenters. The summed E-state index contributed by atoms with van der Waals surface area (Å²) in [7, 11) is 0. The molecule has 0 bridgehead atoms. The minimum Gasteiger partial charge on any atom is -0.481 e. The molecule has 0 aromatic rings. The molecule has 1 aliphatic heterocycles. The second kappa shape index (κ2) is 4.57. The van der Waals surface area contributed by atoms with Gasteiger partial charge in [0.05, 0.1) is 0 Å². The fourth-order valence-electron chi connectivity index (χ4n) is 1.36. The molecule has 1 saturated heterocycles. The quantitative estimate of drug-likeness (QED) is 0.658. The molecule has 4 heteroatoms. The van der Waals surface area contributed by atoms with E-state index in [2.05, 4.69) is 12.2 Å². The van der Waals surface area contributed by atoms with Crippen LogP contribution >= 0.6 is 12.4 Å². The molecule has 3 nitrogen and oxygen atoms in total. The van der Waals surface area contributed by atoms with Crippen molar-refractivity contribution >= 4 is 18.4 Å². The Labute approximate surface area is 72.6 Å². The molecule has 0 spiro atoms. The highest BCUT2D eigenvalue weighted by Gasteiger charge is 2.24. The van der Waals surface area contributed by atoms with Gasteiger partial charge in [-0.15, -0.1) is 12.4 Å². The van der Waals surface area contributed by atoms with E-state index in [1.54, 1.807) is 0 Å². The molecular formula is C7H14ClNO2. The first-order chi connectivity index (χ1) is 4.70. The maximum Gasteiger partial charge on any atom is 0.303 e. The van der Waals surface area contributed by atoms with E-state index in [0.29, 0.717) is 18.3 Å². The van der Waals surface area contributed by atoms with Crippen LogP contribution in [0.25, 0.3) is 0 Å². The summed E-state index contributed by atoms with van der Waals surface area (Å²) in [4.78, 5) is 10.3. The van der Waals surface area contributed by atoms with Crippen LogP contribution in [0.3, 0.4) is 0 Å². The van der Waals surface area contributed by atoms with Gasteiger partial charge in [-0.2, -0.15) is 0 Å². The van der Waals surface area contributed by atoms with E-state index in [1.807, 2.05) is 0 Å². The van der Waals surface area contributed by atoms with Crippen LogP contribution in [0.2, 0.25) is 0 Å². The predicted molar refractivity (Wildman–Crippen MR) is 45.0 cm³/mol. The summed E-state index contributed by atoms with van der Waals surface area (Å²) in [6, 6.07) is 0.